The molecule has 1 atom stereocenters. The second-order valence-electron chi connectivity index (χ2n) is 5.65. The summed E-state index contributed by atoms with van der Waals surface area (Å²) < 4.78 is 7.08. The van der Waals surface area contributed by atoms with Crippen LogP contribution in [0.3, 0.4) is 0 Å². The van der Waals surface area contributed by atoms with Crippen molar-refractivity contribution in [3.05, 3.63) is 11.6 Å². The average molecular weight is 436 g/mol. The zero-order valence-corrected chi connectivity index (χ0v) is 16.7. The van der Waals surface area contributed by atoms with Gasteiger partial charge in [-0.2, -0.15) is 5.10 Å². The minimum atomic E-state index is 0. The Balaban J connectivity index is 0.00000264. The number of halogens is 1. The molecule has 0 fully saturated rings. The molecule has 1 unspecified atom stereocenters. The molecule has 2 N–H and O–H groups in total. The van der Waals surface area contributed by atoms with Gasteiger partial charge in [0, 0.05) is 33.2 Å². The Morgan fingerprint density at radius 3 is 2.96 bits per heavy atom. The van der Waals surface area contributed by atoms with Crippen molar-refractivity contribution in [2.45, 2.75) is 58.2 Å². The topological polar surface area (TPSA) is 76.4 Å². The lowest BCUT2D eigenvalue weighted by molar-refractivity contribution is 0.177. The Morgan fingerprint density at radius 2 is 2.26 bits per heavy atom. The molecule has 0 saturated heterocycles. The highest BCUT2D eigenvalue weighted by atomic mass is 127. The van der Waals surface area contributed by atoms with Crippen LogP contribution in [0, 0.1) is 0 Å². The lowest BCUT2D eigenvalue weighted by atomic mass is 10.1. The van der Waals surface area contributed by atoms with E-state index >= 15 is 0 Å². The van der Waals surface area contributed by atoms with Crippen molar-refractivity contribution in [2.75, 3.05) is 20.7 Å². The number of nitrogens with one attached hydrogen (secondary N) is 2. The number of guanidine groups is 1. The van der Waals surface area contributed by atoms with Crippen LogP contribution < -0.4 is 10.6 Å². The zero-order chi connectivity index (χ0) is 15.8. The van der Waals surface area contributed by atoms with E-state index in [0.29, 0.717) is 12.6 Å². The largest absolute Gasteiger partial charge is 0.377 e. The molecule has 132 valence electrons. The number of nitrogens with zero attached hydrogens (tertiary/aromatic N) is 4. The minimum Gasteiger partial charge on any atom is -0.377 e. The number of aliphatic imine (C=N–C) groups is 1. The van der Waals surface area contributed by atoms with Gasteiger partial charge in [0.15, 0.2) is 11.8 Å². The number of rotatable bonds is 7. The molecule has 1 aromatic heterocycles. The Labute approximate surface area is 155 Å². The first kappa shape index (κ1) is 20.1. The summed E-state index contributed by atoms with van der Waals surface area (Å²) in [5, 5.41) is 11.3. The summed E-state index contributed by atoms with van der Waals surface area (Å²) in [7, 11) is 3.48. The van der Waals surface area contributed by atoms with Crippen LogP contribution in [-0.4, -0.2) is 47.5 Å². The van der Waals surface area contributed by atoms with Crippen LogP contribution in [-0.2, 0) is 24.3 Å². The van der Waals surface area contributed by atoms with Crippen molar-refractivity contribution in [3.63, 3.8) is 0 Å². The molecular weight excluding hydrogens is 407 g/mol. The SMILES string of the molecule is CCCCCNC(=NC)NC1CCc2nc(COC)nn2C1.I. The Bertz CT molecular complexity index is 490. The minimum absolute atomic E-state index is 0. The number of aromatic nitrogens is 3. The molecule has 1 aliphatic rings. The lowest BCUT2D eigenvalue weighted by Crippen LogP contribution is -2.47. The average Bonchev–Trinajstić information content (AvgIpc) is 2.92. The normalized spacial score (nSPS) is 17.3. The van der Waals surface area contributed by atoms with Crippen LogP contribution >= 0.6 is 24.0 Å². The van der Waals surface area contributed by atoms with Crippen molar-refractivity contribution in [2.24, 2.45) is 4.99 Å². The van der Waals surface area contributed by atoms with Crippen LogP contribution in [0.5, 0.6) is 0 Å². The van der Waals surface area contributed by atoms with Crippen molar-refractivity contribution in [1.29, 1.82) is 0 Å². The summed E-state index contributed by atoms with van der Waals surface area (Å²) in [6.07, 6.45) is 5.63. The highest BCUT2D eigenvalue weighted by Gasteiger charge is 2.22. The Kier molecular flexibility index (Phi) is 9.46. The van der Waals surface area contributed by atoms with Gasteiger partial charge in [0.1, 0.15) is 12.4 Å². The first-order valence-electron chi connectivity index (χ1n) is 8.15. The fourth-order valence-corrected chi connectivity index (χ4v) is 2.64. The fraction of sp³-hybridized carbons (Fsp3) is 0.800. The van der Waals surface area contributed by atoms with Crippen LogP contribution in [0.1, 0.15) is 44.3 Å². The van der Waals surface area contributed by atoms with Crippen molar-refractivity contribution in [1.82, 2.24) is 25.4 Å². The number of ether oxygens (including phenoxy) is 1. The zero-order valence-electron chi connectivity index (χ0n) is 14.3. The summed E-state index contributed by atoms with van der Waals surface area (Å²) in [6.45, 7) is 4.47. The predicted octanol–water partition coefficient (Wildman–Crippen LogP) is 1.71. The molecular formula is C15H29IN6O. The quantitative estimate of drug-likeness (QED) is 0.295. The van der Waals surface area contributed by atoms with E-state index in [1.165, 1.54) is 19.3 Å². The molecule has 2 heterocycles. The maximum Gasteiger partial charge on any atom is 0.191 e. The summed E-state index contributed by atoms with van der Waals surface area (Å²) in [4.78, 5) is 8.80. The van der Waals surface area contributed by atoms with Crippen LogP contribution in [0.4, 0.5) is 0 Å². The van der Waals surface area contributed by atoms with Gasteiger partial charge in [-0.1, -0.05) is 19.8 Å². The molecule has 0 bridgehead atoms. The third-order valence-corrected chi connectivity index (χ3v) is 3.81. The van der Waals surface area contributed by atoms with Gasteiger partial charge < -0.3 is 15.4 Å². The molecule has 1 aromatic rings. The molecule has 0 amide bonds. The number of methoxy groups -OCH3 is 1. The molecule has 8 heteroatoms. The van der Waals surface area contributed by atoms with Gasteiger partial charge in [0.25, 0.3) is 0 Å². The van der Waals surface area contributed by atoms with Gasteiger partial charge in [0.05, 0.1) is 6.54 Å². The predicted molar refractivity (Wildman–Crippen MR) is 102 cm³/mol. The van der Waals surface area contributed by atoms with Crippen LogP contribution in [0.2, 0.25) is 0 Å². The maximum absolute atomic E-state index is 5.10. The van der Waals surface area contributed by atoms with Crippen LogP contribution in [0.15, 0.2) is 4.99 Å². The lowest BCUT2D eigenvalue weighted by Gasteiger charge is -2.25. The smallest absolute Gasteiger partial charge is 0.191 e. The Hall–Kier alpha value is -0.900. The van der Waals surface area contributed by atoms with E-state index in [9.17, 15) is 0 Å². The van der Waals surface area contributed by atoms with Gasteiger partial charge in [-0.3, -0.25) is 4.99 Å². The molecule has 0 saturated carbocycles. The molecule has 0 spiro atoms. The number of unbranched alkanes of at least 4 members (excludes halogenated alkanes) is 2. The summed E-state index contributed by atoms with van der Waals surface area (Å²) >= 11 is 0. The molecule has 0 aromatic carbocycles. The first-order valence-corrected chi connectivity index (χ1v) is 8.15. The molecule has 0 radical (unpaired) electrons. The highest BCUT2D eigenvalue weighted by molar-refractivity contribution is 14.0. The van der Waals surface area contributed by atoms with Crippen LogP contribution in [0.25, 0.3) is 0 Å². The van der Waals surface area contributed by atoms with E-state index in [2.05, 4.69) is 32.6 Å². The van der Waals surface area contributed by atoms with Gasteiger partial charge in [-0.15, -0.1) is 24.0 Å². The second kappa shape index (κ2) is 10.8. The molecule has 1 aliphatic heterocycles. The van der Waals surface area contributed by atoms with Gasteiger partial charge in [0.2, 0.25) is 0 Å². The summed E-state index contributed by atoms with van der Waals surface area (Å²) in [6, 6.07) is 0.335. The molecule has 23 heavy (non-hydrogen) atoms. The number of hydrogen-bond donors (Lipinski definition) is 2. The number of aryl methyl sites for hydroxylation is 1. The standard InChI is InChI=1S/C15H28N6O.HI/c1-4-5-6-9-17-15(16-2)18-12-7-8-14-19-13(11-22-3)20-21(14)10-12;/h12H,4-11H2,1-3H3,(H2,16,17,18);1H. The number of hydrogen-bond acceptors (Lipinski definition) is 4. The molecule has 2 rings (SSSR count). The van der Waals surface area contributed by atoms with E-state index in [-0.39, 0.29) is 24.0 Å². The summed E-state index contributed by atoms with van der Waals surface area (Å²) in [5.74, 6) is 2.69. The van der Waals surface area contributed by atoms with Gasteiger partial charge >= 0.3 is 0 Å². The third-order valence-electron chi connectivity index (χ3n) is 3.81. The van der Waals surface area contributed by atoms with E-state index < -0.39 is 0 Å². The van der Waals surface area contributed by atoms with Crippen molar-refractivity contribution >= 4 is 29.9 Å². The monoisotopic (exact) mass is 436 g/mol. The summed E-state index contributed by atoms with van der Waals surface area (Å²) in [5.41, 5.74) is 0. The molecule has 7 nitrogen and oxygen atoms in total. The third kappa shape index (κ3) is 6.25. The van der Waals surface area contributed by atoms with Gasteiger partial charge in [-0.05, 0) is 12.8 Å². The Morgan fingerprint density at radius 1 is 1.43 bits per heavy atom. The van der Waals surface area contributed by atoms with Crippen molar-refractivity contribution < 1.29 is 4.74 Å². The van der Waals surface area contributed by atoms with E-state index in [0.717, 1.165) is 43.5 Å². The number of fused-ring (bicyclic) bond motifs is 1. The van der Waals surface area contributed by atoms with Gasteiger partial charge in [-0.25, -0.2) is 9.67 Å². The second-order valence-corrected chi connectivity index (χ2v) is 5.65. The van der Waals surface area contributed by atoms with Crippen molar-refractivity contribution in [3.8, 4) is 0 Å². The van der Waals surface area contributed by atoms with E-state index in [1.807, 2.05) is 11.7 Å². The van der Waals surface area contributed by atoms with E-state index in [1.54, 1.807) is 7.11 Å². The highest BCUT2D eigenvalue weighted by Crippen LogP contribution is 2.13. The maximum atomic E-state index is 5.10. The fourth-order valence-electron chi connectivity index (χ4n) is 2.64. The molecule has 0 aliphatic carbocycles. The first-order chi connectivity index (χ1) is 10.8. The van der Waals surface area contributed by atoms with E-state index in [4.69, 9.17) is 4.74 Å².